The highest BCUT2D eigenvalue weighted by Crippen LogP contribution is 2.40. The summed E-state index contributed by atoms with van der Waals surface area (Å²) in [5.74, 6) is -3.56. The molecule has 43 heavy (non-hydrogen) atoms. The highest BCUT2D eigenvalue weighted by molar-refractivity contribution is 6.02. The zero-order valence-corrected chi connectivity index (χ0v) is 26.5. The standard InChI is InChI=1S/C36H46O7/c1-9-14-24(2)17-12-18-25(3)15-10-11-16-26(4)19-13-20-27(5)21-22-29-28(6)31(37)30(23-36(29,7)8)43-35(42)33(39)32(38)34(40)41/h9-22,30,32-33,38-39H,23H2,1-8H3,(H,40,41). The summed E-state index contributed by atoms with van der Waals surface area (Å²) in [7, 11) is 0. The van der Waals surface area contributed by atoms with Gasteiger partial charge in [-0.15, -0.1) is 0 Å². The molecule has 7 nitrogen and oxygen atoms in total. The van der Waals surface area contributed by atoms with Gasteiger partial charge in [0, 0.05) is 6.42 Å². The molecular formula is C36H46O7. The van der Waals surface area contributed by atoms with Crippen molar-refractivity contribution in [2.45, 2.75) is 80.1 Å². The van der Waals surface area contributed by atoms with Crippen molar-refractivity contribution in [3.8, 4) is 0 Å². The zero-order chi connectivity index (χ0) is 32.7. The summed E-state index contributed by atoms with van der Waals surface area (Å²) in [6.45, 7) is 15.5. The van der Waals surface area contributed by atoms with E-state index in [0.717, 1.165) is 22.3 Å². The molecule has 1 rings (SSSR count). The number of aliphatic hydroxyl groups is 2. The summed E-state index contributed by atoms with van der Waals surface area (Å²) in [6, 6.07) is 0. The van der Waals surface area contributed by atoms with Crippen LogP contribution in [0.3, 0.4) is 0 Å². The molecular weight excluding hydrogens is 544 g/mol. The maximum Gasteiger partial charge on any atom is 0.339 e. The lowest BCUT2D eigenvalue weighted by Crippen LogP contribution is -2.45. The second-order valence-electron chi connectivity index (χ2n) is 11.2. The minimum absolute atomic E-state index is 0.142. The molecule has 0 spiro atoms. The molecule has 0 aromatic carbocycles. The van der Waals surface area contributed by atoms with Crippen molar-refractivity contribution in [1.29, 1.82) is 0 Å². The van der Waals surface area contributed by atoms with Gasteiger partial charge in [-0.3, -0.25) is 4.79 Å². The van der Waals surface area contributed by atoms with E-state index >= 15 is 0 Å². The number of aliphatic carboxylic acids is 1. The fourth-order valence-corrected chi connectivity index (χ4v) is 4.29. The summed E-state index contributed by atoms with van der Waals surface area (Å²) in [5, 5.41) is 27.9. The molecule has 0 heterocycles. The second-order valence-corrected chi connectivity index (χ2v) is 11.2. The quantitative estimate of drug-likeness (QED) is 0.163. The van der Waals surface area contributed by atoms with Crippen molar-refractivity contribution in [3.63, 3.8) is 0 Å². The number of hydrogen-bond acceptors (Lipinski definition) is 6. The number of carbonyl (C=O) groups excluding carboxylic acids is 2. The van der Waals surface area contributed by atoms with Crippen LogP contribution in [0.2, 0.25) is 0 Å². The monoisotopic (exact) mass is 590 g/mol. The fourth-order valence-electron chi connectivity index (χ4n) is 4.29. The van der Waals surface area contributed by atoms with Crippen LogP contribution in [0.25, 0.3) is 0 Å². The van der Waals surface area contributed by atoms with Crippen molar-refractivity contribution < 1.29 is 34.4 Å². The first-order valence-corrected chi connectivity index (χ1v) is 14.2. The van der Waals surface area contributed by atoms with Crippen molar-refractivity contribution in [2.75, 3.05) is 0 Å². The zero-order valence-electron chi connectivity index (χ0n) is 26.5. The molecule has 1 aliphatic carbocycles. The van der Waals surface area contributed by atoms with Crippen LogP contribution in [0.1, 0.15) is 61.8 Å². The number of rotatable bonds is 13. The van der Waals surface area contributed by atoms with Gasteiger partial charge >= 0.3 is 11.9 Å². The normalized spacial score (nSPS) is 20.8. The van der Waals surface area contributed by atoms with Crippen molar-refractivity contribution in [3.05, 3.63) is 119 Å². The average molecular weight is 591 g/mol. The summed E-state index contributed by atoms with van der Waals surface area (Å²) in [5.41, 5.74) is 5.03. The molecule has 7 heteroatoms. The molecule has 0 aromatic rings. The number of allylic oxidation sites excluding steroid dienone is 19. The van der Waals surface area contributed by atoms with E-state index < -0.39 is 41.4 Å². The van der Waals surface area contributed by atoms with Gasteiger partial charge in [0.05, 0.1) is 0 Å². The molecule has 0 amide bonds. The molecule has 0 aliphatic heterocycles. The van der Waals surface area contributed by atoms with Gasteiger partial charge in [0.1, 0.15) is 0 Å². The number of Topliss-reactive ketones (excluding diaryl/α,β-unsaturated/α-hetero) is 1. The number of carboxylic acids is 1. The topological polar surface area (TPSA) is 121 Å². The first kappa shape index (κ1) is 37.0. The van der Waals surface area contributed by atoms with Gasteiger partial charge < -0.3 is 20.1 Å². The number of hydrogen-bond donors (Lipinski definition) is 3. The van der Waals surface area contributed by atoms with Crippen LogP contribution >= 0.6 is 0 Å². The maximum absolute atomic E-state index is 12.9. The van der Waals surface area contributed by atoms with Gasteiger partial charge in [-0.2, -0.15) is 0 Å². The van der Waals surface area contributed by atoms with E-state index in [1.165, 1.54) is 5.57 Å². The van der Waals surface area contributed by atoms with E-state index in [2.05, 4.69) is 32.1 Å². The SMILES string of the molecule is CC=CC(C)=CC=CC(C)=CC=CC=C(C)C=CC=C(C)C=CC1=C(C)C(=O)C(OC(=O)C(O)C(O)C(=O)O)CC1(C)C. The summed E-state index contributed by atoms with van der Waals surface area (Å²) < 4.78 is 5.11. The highest BCUT2D eigenvalue weighted by atomic mass is 16.6. The first-order chi connectivity index (χ1) is 20.1. The predicted molar refractivity (Wildman–Crippen MR) is 172 cm³/mol. The summed E-state index contributed by atoms with van der Waals surface area (Å²) >= 11 is 0. The van der Waals surface area contributed by atoms with E-state index in [4.69, 9.17) is 9.84 Å². The van der Waals surface area contributed by atoms with Crippen LogP contribution in [0, 0.1) is 5.41 Å². The van der Waals surface area contributed by atoms with Crippen LogP contribution in [0.4, 0.5) is 0 Å². The molecule has 3 N–H and O–H groups in total. The highest BCUT2D eigenvalue weighted by Gasteiger charge is 2.42. The minimum Gasteiger partial charge on any atom is -0.479 e. The lowest BCUT2D eigenvalue weighted by atomic mass is 9.71. The molecule has 3 atom stereocenters. The minimum atomic E-state index is -2.34. The molecule has 232 valence electrons. The van der Waals surface area contributed by atoms with E-state index in [-0.39, 0.29) is 6.42 Å². The lowest BCUT2D eigenvalue weighted by Gasteiger charge is -2.36. The van der Waals surface area contributed by atoms with Gasteiger partial charge in [0.15, 0.2) is 24.1 Å². The van der Waals surface area contributed by atoms with Crippen molar-refractivity contribution in [2.24, 2.45) is 5.41 Å². The van der Waals surface area contributed by atoms with E-state index in [9.17, 15) is 24.6 Å². The first-order valence-electron chi connectivity index (χ1n) is 14.2. The largest absolute Gasteiger partial charge is 0.479 e. The number of carboxylic acid groups (broad SMARTS) is 1. The molecule has 1 aliphatic rings. The summed E-state index contributed by atoms with van der Waals surface area (Å²) in [6.07, 6.45) is 22.3. The smallest absolute Gasteiger partial charge is 0.339 e. The van der Waals surface area contributed by atoms with Gasteiger partial charge in [-0.05, 0) is 58.1 Å². The van der Waals surface area contributed by atoms with E-state index in [1.54, 1.807) is 6.92 Å². The molecule has 0 fully saturated rings. The Balaban J connectivity index is 2.87. The average Bonchev–Trinajstić information content (AvgIpc) is 2.92. The Morgan fingerprint density at radius 3 is 1.77 bits per heavy atom. The van der Waals surface area contributed by atoms with Crippen LogP contribution < -0.4 is 0 Å². The van der Waals surface area contributed by atoms with Crippen LogP contribution in [-0.4, -0.2) is 51.4 Å². The Kier molecular flexibility index (Phi) is 15.3. The molecule has 3 unspecified atom stereocenters. The predicted octanol–water partition coefficient (Wildman–Crippen LogP) is 6.61. The molecule has 0 radical (unpaired) electrons. The van der Waals surface area contributed by atoms with E-state index in [0.29, 0.717) is 5.57 Å². The number of esters is 1. The Bertz CT molecular complexity index is 1340. The Hall–Kier alpha value is -4.07. The van der Waals surface area contributed by atoms with Crippen LogP contribution in [0.15, 0.2) is 119 Å². The number of ketones is 1. The van der Waals surface area contributed by atoms with Crippen molar-refractivity contribution >= 4 is 17.7 Å². The van der Waals surface area contributed by atoms with Gasteiger partial charge in [-0.1, -0.05) is 121 Å². The second kappa shape index (κ2) is 17.8. The van der Waals surface area contributed by atoms with Crippen molar-refractivity contribution in [1.82, 2.24) is 0 Å². The molecule has 0 saturated carbocycles. The van der Waals surface area contributed by atoms with Gasteiger partial charge in [0.2, 0.25) is 0 Å². The Labute approximate surface area is 256 Å². The number of carbonyl (C=O) groups is 3. The fraction of sp³-hybridized carbons (Fsp3) is 0.361. The molecule has 0 aromatic heterocycles. The Morgan fingerprint density at radius 1 is 0.814 bits per heavy atom. The molecule has 0 bridgehead atoms. The third-order valence-corrected chi connectivity index (χ3v) is 6.75. The third kappa shape index (κ3) is 12.8. The van der Waals surface area contributed by atoms with Crippen LogP contribution in [-0.2, 0) is 19.1 Å². The van der Waals surface area contributed by atoms with Crippen LogP contribution in [0.5, 0.6) is 0 Å². The third-order valence-electron chi connectivity index (χ3n) is 6.75. The van der Waals surface area contributed by atoms with Gasteiger partial charge in [0.25, 0.3) is 0 Å². The number of aliphatic hydroxyl groups excluding tert-OH is 2. The Morgan fingerprint density at radius 2 is 1.28 bits per heavy atom. The summed E-state index contributed by atoms with van der Waals surface area (Å²) in [4.78, 5) is 35.9. The molecule has 0 saturated heterocycles. The lowest BCUT2D eigenvalue weighted by molar-refractivity contribution is -0.175. The van der Waals surface area contributed by atoms with E-state index in [1.807, 2.05) is 101 Å². The van der Waals surface area contributed by atoms with Gasteiger partial charge in [-0.25, -0.2) is 9.59 Å². The number of ether oxygens (including phenoxy) is 1. The maximum atomic E-state index is 12.9.